The van der Waals surface area contributed by atoms with E-state index in [0.717, 1.165) is 0 Å². The maximum Gasteiger partial charge on any atom is 0.308 e. The molecule has 0 atom stereocenters. The Morgan fingerprint density at radius 1 is 1.27 bits per heavy atom. The van der Waals surface area contributed by atoms with Crippen LogP contribution in [0.25, 0.3) is 0 Å². The third-order valence-electron chi connectivity index (χ3n) is 3.65. The van der Waals surface area contributed by atoms with Crippen LogP contribution in [-0.2, 0) is 14.3 Å². The zero-order valence-electron chi connectivity index (χ0n) is 12.2. The molecule has 7 heteroatoms. The van der Waals surface area contributed by atoms with E-state index in [1.807, 2.05) is 0 Å². The zero-order valence-corrected chi connectivity index (χ0v) is 13.7. The topological polar surface area (TPSA) is 55.8 Å². The van der Waals surface area contributed by atoms with Gasteiger partial charge >= 0.3 is 5.97 Å². The van der Waals surface area contributed by atoms with Gasteiger partial charge in [0, 0.05) is 13.1 Å². The van der Waals surface area contributed by atoms with E-state index in [1.165, 1.54) is 7.11 Å². The van der Waals surface area contributed by atoms with Crippen molar-refractivity contribution in [3.05, 3.63) is 28.2 Å². The minimum atomic E-state index is -0.214. The summed E-state index contributed by atoms with van der Waals surface area (Å²) in [5.41, 5.74) is 0. The number of hydrogen-bond donors (Lipinski definition) is 0. The lowest BCUT2D eigenvalue weighted by molar-refractivity contribution is -0.149. The summed E-state index contributed by atoms with van der Waals surface area (Å²) < 4.78 is 10.1. The van der Waals surface area contributed by atoms with Gasteiger partial charge in [0.15, 0.2) is 6.61 Å². The molecule has 1 heterocycles. The van der Waals surface area contributed by atoms with Gasteiger partial charge in [-0.05, 0) is 25.0 Å². The van der Waals surface area contributed by atoms with Gasteiger partial charge < -0.3 is 14.4 Å². The molecule has 0 saturated carbocycles. The Hall–Kier alpha value is -1.46. The van der Waals surface area contributed by atoms with Crippen molar-refractivity contribution in [2.45, 2.75) is 12.8 Å². The van der Waals surface area contributed by atoms with Gasteiger partial charge in [0.05, 0.1) is 18.1 Å². The monoisotopic (exact) mass is 345 g/mol. The molecule has 120 valence electrons. The summed E-state index contributed by atoms with van der Waals surface area (Å²) in [4.78, 5) is 25.2. The highest BCUT2D eigenvalue weighted by Gasteiger charge is 2.28. The number of carbonyl (C=O) groups is 2. The van der Waals surface area contributed by atoms with Gasteiger partial charge in [-0.3, -0.25) is 9.59 Å². The van der Waals surface area contributed by atoms with E-state index < -0.39 is 0 Å². The molecule has 1 aliphatic rings. The molecule has 1 aromatic rings. The molecule has 2 rings (SSSR count). The lowest BCUT2D eigenvalue weighted by Gasteiger charge is -2.30. The molecule has 5 nitrogen and oxygen atoms in total. The van der Waals surface area contributed by atoms with Crippen molar-refractivity contribution < 1.29 is 19.1 Å². The molecule has 0 spiro atoms. The van der Waals surface area contributed by atoms with E-state index in [4.69, 9.17) is 32.7 Å². The van der Waals surface area contributed by atoms with Crippen LogP contribution < -0.4 is 4.74 Å². The molecule has 1 fully saturated rings. The highest BCUT2D eigenvalue weighted by Crippen LogP contribution is 2.31. The smallest absolute Gasteiger partial charge is 0.308 e. The van der Waals surface area contributed by atoms with Crippen LogP contribution in [-0.4, -0.2) is 43.6 Å². The first-order valence-corrected chi connectivity index (χ1v) is 7.71. The summed E-state index contributed by atoms with van der Waals surface area (Å²) in [6, 6.07) is 5.01. The second kappa shape index (κ2) is 7.70. The molecule has 0 bridgehead atoms. The second-order valence-corrected chi connectivity index (χ2v) is 5.80. The van der Waals surface area contributed by atoms with Gasteiger partial charge in [-0.1, -0.05) is 29.3 Å². The molecule has 0 unspecified atom stereocenters. The van der Waals surface area contributed by atoms with Crippen LogP contribution in [0.3, 0.4) is 0 Å². The molecule has 1 saturated heterocycles. The Bertz CT molecular complexity index is 556. The average Bonchev–Trinajstić information content (AvgIpc) is 2.55. The molecular formula is C15H17Cl2NO4. The largest absolute Gasteiger partial charge is 0.482 e. The van der Waals surface area contributed by atoms with E-state index in [2.05, 4.69) is 0 Å². The van der Waals surface area contributed by atoms with Crippen LogP contribution in [0.5, 0.6) is 5.75 Å². The van der Waals surface area contributed by atoms with Crippen LogP contribution in [0.15, 0.2) is 18.2 Å². The molecule has 0 aromatic heterocycles. The Kier molecular flexibility index (Phi) is 5.91. The molecule has 0 radical (unpaired) electrons. The fourth-order valence-electron chi connectivity index (χ4n) is 2.36. The SMILES string of the molecule is COC(=O)C1CCN(C(=O)COc2cccc(Cl)c2Cl)CC1. The number of piperidine rings is 1. The van der Waals surface area contributed by atoms with Crippen molar-refractivity contribution in [3.63, 3.8) is 0 Å². The Labute approximate surface area is 139 Å². The number of likely N-dealkylation sites (tertiary alicyclic amines) is 1. The summed E-state index contributed by atoms with van der Waals surface area (Å²) in [7, 11) is 1.38. The summed E-state index contributed by atoms with van der Waals surface area (Å²) in [6.45, 7) is 0.930. The number of nitrogens with zero attached hydrogens (tertiary/aromatic N) is 1. The van der Waals surface area contributed by atoms with Gasteiger partial charge in [-0.2, -0.15) is 0 Å². The third-order valence-corrected chi connectivity index (χ3v) is 4.45. The average molecular weight is 346 g/mol. The first-order chi connectivity index (χ1) is 10.5. The maximum absolute atomic E-state index is 12.1. The van der Waals surface area contributed by atoms with Crippen molar-refractivity contribution in [1.29, 1.82) is 0 Å². The van der Waals surface area contributed by atoms with Gasteiger partial charge in [-0.25, -0.2) is 0 Å². The summed E-state index contributed by atoms with van der Waals surface area (Å²) >= 11 is 11.9. The van der Waals surface area contributed by atoms with E-state index in [-0.39, 0.29) is 24.4 Å². The number of carbonyl (C=O) groups excluding carboxylic acids is 2. The molecular weight excluding hydrogens is 329 g/mol. The summed E-state index contributed by atoms with van der Waals surface area (Å²) in [5.74, 6) is -0.0993. The van der Waals surface area contributed by atoms with E-state index in [9.17, 15) is 9.59 Å². The lowest BCUT2D eigenvalue weighted by atomic mass is 9.97. The Morgan fingerprint density at radius 3 is 2.59 bits per heavy atom. The van der Waals surface area contributed by atoms with E-state index in [0.29, 0.717) is 41.7 Å². The quantitative estimate of drug-likeness (QED) is 0.787. The minimum Gasteiger partial charge on any atom is -0.482 e. The normalized spacial score (nSPS) is 15.5. The fraction of sp³-hybridized carbons (Fsp3) is 0.467. The Morgan fingerprint density at radius 2 is 1.95 bits per heavy atom. The number of methoxy groups -OCH3 is 1. The molecule has 0 aliphatic carbocycles. The number of hydrogen-bond acceptors (Lipinski definition) is 4. The summed E-state index contributed by atoms with van der Waals surface area (Å²) in [5, 5.41) is 0.673. The number of ether oxygens (including phenoxy) is 2. The molecule has 1 aliphatic heterocycles. The van der Waals surface area contributed by atoms with Gasteiger partial charge in [0.2, 0.25) is 0 Å². The van der Waals surface area contributed by atoms with E-state index in [1.54, 1.807) is 23.1 Å². The van der Waals surface area contributed by atoms with Crippen LogP contribution >= 0.6 is 23.2 Å². The number of amides is 1. The first-order valence-electron chi connectivity index (χ1n) is 6.95. The van der Waals surface area contributed by atoms with Gasteiger partial charge in [0.25, 0.3) is 5.91 Å². The number of rotatable bonds is 4. The molecule has 1 aromatic carbocycles. The number of halogens is 2. The standard InChI is InChI=1S/C15H17Cl2NO4/c1-21-15(20)10-5-7-18(8-6-10)13(19)9-22-12-4-2-3-11(16)14(12)17/h2-4,10H,5-9H2,1H3. The van der Waals surface area contributed by atoms with E-state index >= 15 is 0 Å². The predicted octanol–water partition coefficient (Wildman–Crippen LogP) is 2.78. The van der Waals surface area contributed by atoms with Crippen molar-refractivity contribution in [2.24, 2.45) is 5.92 Å². The predicted molar refractivity (Wildman–Crippen MR) is 83.3 cm³/mol. The Balaban J connectivity index is 1.84. The highest BCUT2D eigenvalue weighted by molar-refractivity contribution is 6.42. The second-order valence-electron chi connectivity index (χ2n) is 5.02. The molecule has 0 N–H and O–H groups in total. The van der Waals surface area contributed by atoms with Crippen LogP contribution in [0.2, 0.25) is 10.0 Å². The van der Waals surface area contributed by atoms with Crippen molar-refractivity contribution in [1.82, 2.24) is 4.90 Å². The number of benzene rings is 1. The van der Waals surface area contributed by atoms with Crippen LogP contribution in [0.4, 0.5) is 0 Å². The van der Waals surface area contributed by atoms with Gasteiger partial charge in [0.1, 0.15) is 10.8 Å². The third kappa shape index (κ3) is 4.05. The van der Waals surface area contributed by atoms with Gasteiger partial charge in [-0.15, -0.1) is 0 Å². The molecule has 1 amide bonds. The van der Waals surface area contributed by atoms with Crippen molar-refractivity contribution >= 4 is 35.1 Å². The van der Waals surface area contributed by atoms with Crippen molar-refractivity contribution in [2.75, 3.05) is 26.8 Å². The lowest BCUT2D eigenvalue weighted by Crippen LogP contribution is -2.42. The molecule has 22 heavy (non-hydrogen) atoms. The highest BCUT2D eigenvalue weighted by atomic mass is 35.5. The minimum absolute atomic E-state index is 0.108. The summed E-state index contributed by atoms with van der Waals surface area (Å²) in [6.07, 6.45) is 1.21. The fourth-order valence-corrected chi connectivity index (χ4v) is 2.70. The van der Waals surface area contributed by atoms with Crippen LogP contribution in [0.1, 0.15) is 12.8 Å². The van der Waals surface area contributed by atoms with Crippen molar-refractivity contribution in [3.8, 4) is 5.75 Å². The number of esters is 1. The zero-order chi connectivity index (χ0) is 16.1. The first kappa shape index (κ1) is 16.9. The maximum atomic E-state index is 12.1. The van der Waals surface area contributed by atoms with Crippen LogP contribution in [0, 0.1) is 5.92 Å².